The van der Waals surface area contributed by atoms with Crippen LogP contribution in [-0.4, -0.2) is 31.3 Å². The first kappa shape index (κ1) is 14.7. The Labute approximate surface area is 128 Å². The molecule has 1 aliphatic heterocycles. The molecule has 1 fully saturated rings. The lowest BCUT2D eigenvalue weighted by atomic mass is 9.77. The molecule has 0 saturated heterocycles. The number of anilines is 1. The van der Waals surface area contributed by atoms with Crippen molar-refractivity contribution in [2.45, 2.75) is 51.6 Å². The fraction of sp³-hybridized carbons (Fsp3) is 0.667. The molecule has 1 saturated carbocycles. The van der Waals surface area contributed by atoms with Crippen LogP contribution in [0.3, 0.4) is 0 Å². The van der Waals surface area contributed by atoms with E-state index in [0.717, 1.165) is 37.8 Å². The standard InChI is InChI=1S/C18H28N2O/c1-18(2,3)19-13-14-9-10-15(14)20-11-6-12-21-17-8-5-4-7-16(17)20/h4-5,7-8,14-15,19H,6,9-13H2,1-3H3. The van der Waals surface area contributed by atoms with Gasteiger partial charge in [-0.1, -0.05) is 12.1 Å². The van der Waals surface area contributed by atoms with Crippen molar-refractivity contribution >= 4 is 5.69 Å². The Morgan fingerprint density at radius 1 is 1.24 bits per heavy atom. The van der Waals surface area contributed by atoms with Crippen molar-refractivity contribution in [2.24, 2.45) is 5.92 Å². The van der Waals surface area contributed by atoms with Gasteiger partial charge in [-0.05, 0) is 58.1 Å². The highest BCUT2D eigenvalue weighted by atomic mass is 16.5. The SMILES string of the molecule is CC(C)(C)NCC1CCC1N1CCCOc2ccccc21. The fourth-order valence-corrected chi connectivity index (χ4v) is 3.34. The van der Waals surface area contributed by atoms with E-state index in [-0.39, 0.29) is 5.54 Å². The average Bonchev–Trinajstić information content (AvgIpc) is 2.60. The first-order valence-corrected chi connectivity index (χ1v) is 8.28. The molecule has 1 aromatic carbocycles. The van der Waals surface area contributed by atoms with Gasteiger partial charge in [-0.25, -0.2) is 0 Å². The lowest BCUT2D eigenvalue weighted by molar-refractivity contribution is 0.216. The van der Waals surface area contributed by atoms with Crippen LogP contribution in [0.4, 0.5) is 5.69 Å². The molecule has 1 heterocycles. The van der Waals surface area contributed by atoms with Gasteiger partial charge in [-0.2, -0.15) is 0 Å². The number of hydrogen-bond donors (Lipinski definition) is 1. The van der Waals surface area contributed by atoms with Gasteiger partial charge in [0.1, 0.15) is 5.75 Å². The van der Waals surface area contributed by atoms with Gasteiger partial charge in [0.25, 0.3) is 0 Å². The van der Waals surface area contributed by atoms with Crippen LogP contribution in [0.15, 0.2) is 24.3 Å². The third-order valence-corrected chi connectivity index (χ3v) is 4.65. The number of para-hydroxylation sites is 2. The zero-order valence-corrected chi connectivity index (χ0v) is 13.6. The van der Waals surface area contributed by atoms with E-state index in [2.05, 4.69) is 55.3 Å². The largest absolute Gasteiger partial charge is 0.491 e. The molecule has 0 bridgehead atoms. The van der Waals surface area contributed by atoms with E-state index in [1.807, 2.05) is 0 Å². The monoisotopic (exact) mass is 288 g/mol. The molecule has 0 spiro atoms. The lowest BCUT2D eigenvalue weighted by Crippen LogP contribution is -2.53. The van der Waals surface area contributed by atoms with Crippen LogP contribution in [-0.2, 0) is 0 Å². The van der Waals surface area contributed by atoms with Gasteiger partial charge in [0, 0.05) is 24.7 Å². The first-order valence-electron chi connectivity index (χ1n) is 8.28. The van der Waals surface area contributed by atoms with Crippen molar-refractivity contribution in [1.29, 1.82) is 0 Å². The van der Waals surface area contributed by atoms with Gasteiger partial charge >= 0.3 is 0 Å². The minimum atomic E-state index is 0.208. The lowest BCUT2D eigenvalue weighted by Gasteiger charge is -2.46. The second-order valence-corrected chi connectivity index (χ2v) is 7.40. The summed E-state index contributed by atoms with van der Waals surface area (Å²) in [6.45, 7) is 9.81. The molecule has 2 unspecified atom stereocenters. The van der Waals surface area contributed by atoms with E-state index in [0.29, 0.717) is 6.04 Å². The molecule has 1 N–H and O–H groups in total. The average molecular weight is 288 g/mol. The van der Waals surface area contributed by atoms with Gasteiger partial charge in [0.15, 0.2) is 0 Å². The van der Waals surface area contributed by atoms with Gasteiger partial charge in [-0.15, -0.1) is 0 Å². The Bertz CT molecular complexity index is 480. The zero-order valence-electron chi connectivity index (χ0n) is 13.6. The minimum absolute atomic E-state index is 0.208. The summed E-state index contributed by atoms with van der Waals surface area (Å²) in [5, 5.41) is 3.67. The quantitative estimate of drug-likeness (QED) is 0.922. The minimum Gasteiger partial charge on any atom is -0.491 e. The third kappa shape index (κ3) is 3.34. The van der Waals surface area contributed by atoms with E-state index in [1.165, 1.54) is 18.5 Å². The topological polar surface area (TPSA) is 24.5 Å². The number of hydrogen-bond acceptors (Lipinski definition) is 3. The van der Waals surface area contributed by atoms with Crippen molar-refractivity contribution in [3.63, 3.8) is 0 Å². The maximum absolute atomic E-state index is 5.89. The number of nitrogens with zero attached hydrogens (tertiary/aromatic N) is 1. The molecule has 0 aromatic heterocycles. The predicted molar refractivity (Wildman–Crippen MR) is 88.2 cm³/mol. The second-order valence-electron chi connectivity index (χ2n) is 7.40. The smallest absolute Gasteiger partial charge is 0.142 e. The van der Waals surface area contributed by atoms with Crippen LogP contribution in [0, 0.1) is 5.92 Å². The van der Waals surface area contributed by atoms with Crippen molar-refractivity contribution < 1.29 is 4.74 Å². The van der Waals surface area contributed by atoms with E-state index >= 15 is 0 Å². The van der Waals surface area contributed by atoms with E-state index in [4.69, 9.17) is 4.74 Å². The Balaban J connectivity index is 1.71. The van der Waals surface area contributed by atoms with Crippen molar-refractivity contribution in [3.05, 3.63) is 24.3 Å². The van der Waals surface area contributed by atoms with Gasteiger partial charge in [-0.3, -0.25) is 0 Å². The highest BCUT2D eigenvalue weighted by Gasteiger charge is 2.37. The molecule has 0 amide bonds. The van der Waals surface area contributed by atoms with Crippen molar-refractivity contribution in [2.75, 3.05) is 24.6 Å². The second kappa shape index (κ2) is 5.88. The van der Waals surface area contributed by atoms with Crippen LogP contribution < -0.4 is 15.0 Å². The number of nitrogens with one attached hydrogen (secondary N) is 1. The molecular formula is C18H28N2O. The van der Waals surface area contributed by atoms with E-state index in [9.17, 15) is 0 Å². The number of fused-ring (bicyclic) bond motifs is 1. The summed E-state index contributed by atoms with van der Waals surface area (Å²) in [5.74, 6) is 1.82. The fourth-order valence-electron chi connectivity index (χ4n) is 3.34. The first-order chi connectivity index (χ1) is 10.0. The normalized spacial score (nSPS) is 25.6. The molecule has 3 heteroatoms. The predicted octanol–water partition coefficient (Wildman–Crippen LogP) is 3.44. The van der Waals surface area contributed by atoms with Crippen LogP contribution in [0.5, 0.6) is 5.75 Å². The van der Waals surface area contributed by atoms with Crippen LogP contribution in [0.25, 0.3) is 0 Å². The van der Waals surface area contributed by atoms with Crippen LogP contribution in [0.2, 0.25) is 0 Å². The summed E-state index contributed by atoms with van der Waals surface area (Å²) in [7, 11) is 0. The van der Waals surface area contributed by atoms with E-state index in [1.54, 1.807) is 0 Å². The van der Waals surface area contributed by atoms with E-state index < -0.39 is 0 Å². The van der Waals surface area contributed by atoms with Crippen molar-refractivity contribution in [1.82, 2.24) is 5.32 Å². The summed E-state index contributed by atoms with van der Waals surface area (Å²) in [4.78, 5) is 2.60. The maximum Gasteiger partial charge on any atom is 0.142 e. The Morgan fingerprint density at radius 3 is 2.76 bits per heavy atom. The zero-order chi connectivity index (χ0) is 14.9. The highest BCUT2D eigenvalue weighted by molar-refractivity contribution is 5.60. The summed E-state index contributed by atoms with van der Waals surface area (Å²) >= 11 is 0. The number of ether oxygens (including phenoxy) is 1. The molecule has 1 aliphatic carbocycles. The Kier molecular flexibility index (Phi) is 4.12. The highest BCUT2D eigenvalue weighted by Crippen LogP contribution is 2.39. The number of benzene rings is 1. The van der Waals surface area contributed by atoms with Crippen molar-refractivity contribution in [3.8, 4) is 5.75 Å². The molecule has 2 atom stereocenters. The van der Waals surface area contributed by atoms with Gasteiger partial charge in [0.2, 0.25) is 0 Å². The molecule has 1 aromatic rings. The molecule has 3 nitrogen and oxygen atoms in total. The van der Waals surface area contributed by atoms with Crippen LogP contribution in [0.1, 0.15) is 40.0 Å². The summed E-state index contributed by atoms with van der Waals surface area (Å²) in [6, 6.07) is 9.19. The molecule has 116 valence electrons. The number of rotatable bonds is 3. The molecular weight excluding hydrogens is 260 g/mol. The van der Waals surface area contributed by atoms with Gasteiger partial charge in [0.05, 0.1) is 12.3 Å². The third-order valence-electron chi connectivity index (χ3n) is 4.65. The van der Waals surface area contributed by atoms with Gasteiger partial charge < -0.3 is 15.0 Å². The molecule has 2 aliphatic rings. The Hall–Kier alpha value is -1.22. The molecule has 3 rings (SSSR count). The van der Waals surface area contributed by atoms with Crippen LogP contribution >= 0.6 is 0 Å². The maximum atomic E-state index is 5.89. The summed E-state index contributed by atoms with van der Waals surface area (Å²) < 4.78 is 5.89. The summed E-state index contributed by atoms with van der Waals surface area (Å²) in [5.41, 5.74) is 1.50. The Morgan fingerprint density at radius 2 is 2.05 bits per heavy atom. The molecule has 21 heavy (non-hydrogen) atoms. The summed E-state index contributed by atoms with van der Waals surface area (Å²) in [6.07, 6.45) is 3.77. The molecule has 0 radical (unpaired) electrons.